The van der Waals surface area contributed by atoms with Gasteiger partial charge in [-0.1, -0.05) is 12.0 Å². The molecule has 0 aliphatic rings. The minimum absolute atomic E-state index is 0.0194. The number of nitrogens with zero attached hydrogens (tertiary/aromatic N) is 4. The number of halogens is 5. The molecule has 3 heterocycles. The van der Waals surface area contributed by atoms with Crippen LogP contribution in [0.2, 0.25) is 0 Å². The van der Waals surface area contributed by atoms with E-state index in [1.807, 2.05) is 0 Å². The highest BCUT2D eigenvalue weighted by Gasteiger charge is 2.33. The highest BCUT2D eigenvalue weighted by Crippen LogP contribution is 2.31. The SMILES string of the molecule is COc1cc(S(C)(=O)=O)ccc1NCC#Cc1nc2c([C@@H](Nc3ccnn3C)C(F)F)cccn2c1CC(F)(F)F. The Kier molecular flexibility index (Phi) is 8.43. The summed E-state index contributed by atoms with van der Waals surface area (Å²) >= 11 is 0. The van der Waals surface area contributed by atoms with Crippen LogP contribution in [0.25, 0.3) is 5.65 Å². The van der Waals surface area contributed by atoms with Crippen LogP contribution in [0.15, 0.2) is 53.7 Å². The van der Waals surface area contributed by atoms with Gasteiger partial charge in [-0.2, -0.15) is 18.3 Å². The zero-order valence-corrected chi connectivity index (χ0v) is 22.8. The summed E-state index contributed by atoms with van der Waals surface area (Å²) in [6.45, 7) is -0.0670. The lowest BCUT2D eigenvalue weighted by molar-refractivity contribution is -0.128. The quantitative estimate of drug-likeness (QED) is 0.217. The van der Waals surface area contributed by atoms with Crippen molar-refractivity contribution in [2.75, 3.05) is 30.5 Å². The van der Waals surface area contributed by atoms with Gasteiger partial charge < -0.3 is 19.8 Å². The molecule has 0 aliphatic carbocycles. The van der Waals surface area contributed by atoms with Gasteiger partial charge in [-0.15, -0.1) is 0 Å². The molecular formula is C26H25F5N6O3S. The number of alkyl halides is 5. The first-order valence-corrected chi connectivity index (χ1v) is 13.9. The van der Waals surface area contributed by atoms with Gasteiger partial charge in [0.05, 0.1) is 42.5 Å². The number of benzene rings is 1. The van der Waals surface area contributed by atoms with Crippen molar-refractivity contribution in [3.05, 3.63) is 65.7 Å². The lowest BCUT2D eigenvalue weighted by Crippen LogP contribution is -2.21. The molecule has 0 spiro atoms. The van der Waals surface area contributed by atoms with E-state index in [2.05, 4.69) is 32.6 Å². The molecule has 0 aliphatic heterocycles. The topological polar surface area (TPSA) is 103 Å². The largest absolute Gasteiger partial charge is 0.495 e. The first-order chi connectivity index (χ1) is 19.3. The molecule has 9 nitrogen and oxygen atoms in total. The summed E-state index contributed by atoms with van der Waals surface area (Å²) in [5.41, 5.74) is -0.228. The number of aryl methyl sites for hydroxylation is 1. The van der Waals surface area contributed by atoms with Gasteiger partial charge in [0.1, 0.15) is 29.0 Å². The average Bonchev–Trinajstić information content (AvgIpc) is 3.46. The third-order valence-electron chi connectivity index (χ3n) is 6.03. The molecule has 3 aromatic heterocycles. The zero-order chi connectivity index (χ0) is 29.9. The third-order valence-corrected chi connectivity index (χ3v) is 7.14. The predicted molar refractivity (Wildman–Crippen MR) is 142 cm³/mol. The number of ether oxygens (including phenoxy) is 1. The van der Waals surface area contributed by atoms with Crippen molar-refractivity contribution in [1.82, 2.24) is 19.2 Å². The number of nitrogens with one attached hydrogen (secondary N) is 2. The molecule has 2 N–H and O–H groups in total. The van der Waals surface area contributed by atoms with Crippen molar-refractivity contribution in [1.29, 1.82) is 0 Å². The Hall–Kier alpha value is -4.32. The van der Waals surface area contributed by atoms with E-state index >= 15 is 0 Å². The van der Waals surface area contributed by atoms with E-state index in [4.69, 9.17) is 4.74 Å². The van der Waals surface area contributed by atoms with Crippen LogP contribution in [0, 0.1) is 11.8 Å². The van der Waals surface area contributed by atoms with E-state index < -0.39 is 34.9 Å². The van der Waals surface area contributed by atoms with Gasteiger partial charge in [0.25, 0.3) is 6.43 Å². The second-order valence-electron chi connectivity index (χ2n) is 8.94. The van der Waals surface area contributed by atoms with Crippen molar-refractivity contribution in [2.45, 2.75) is 30.0 Å². The van der Waals surface area contributed by atoms with E-state index in [0.717, 1.165) is 10.7 Å². The van der Waals surface area contributed by atoms with Gasteiger partial charge in [0, 0.05) is 37.2 Å². The van der Waals surface area contributed by atoms with E-state index in [1.54, 1.807) is 7.05 Å². The number of rotatable bonds is 9. The summed E-state index contributed by atoms with van der Waals surface area (Å²) < 4.78 is 100. The van der Waals surface area contributed by atoms with Crippen molar-refractivity contribution in [3.8, 4) is 17.6 Å². The highest BCUT2D eigenvalue weighted by molar-refractivity contribution is 7.90. The van der Waals surface area contributed by atoms with E-state index in [1.165, 1.54) is 60.6 Å². The second-order valence-corrected chi connectivity index (χ2v) is 11.0. The first-order valence-electron chi connectivity index (χ1n) is 12.0. The van der Waals surface area contributed by atoms with Crippen molar-refractivity contribution in [3.63, 3.8) is 0 Å². The Bertz CT molecular complexity index is 1720. The van der Waals surface area contributed by atoms with Gasteiger partial charge in [0.2, 0.25) is 0 Å². The molecule has 0 saturated heterocycles. The number of methoxy groups -OCH3 is 1. The molecule has 15 heteroatoms. The summed E-state index contributed by atoms with van der Waals surface area (Å²) in [6, 6.07) is 6.81. The molecule has 0 amide bonds. The fourth-order valence-electron chi connectivity index (χ4n) is 4.11. The molecule has 0 radical (unpaired) electrons. The molecule has 4 rings (SSSR count). The van der Waals surface area contributed by atoms with Crippen LogP contribution in [0.4, 0.5) is 33.5 Å². The van der Waals surface area contributed by atoms with E-state index in [9.17, 15) is 30.4 Å². The lowest BCUT2D eigenvalue weighted by atomic mass is 10.1. The highest BCUT2D eigenvalue weighted by atomic mass is 32.2. The smallest absolute Gasteiger partial charge is 0.394 e. The number of anilines is 2. The number of hydrogen-bond acceptors (Lipinski definition) is 7. The maximum atomic E-state index is 14.2. The number of aromatic nitrogens is 4. The normalized spacial score (nSPS) is 12.7. The van der Waals surface area contributed by atoms with Crippen LogP contribution in [0.1, 0.15) is 23.0 Å². The zero-order valence-electron chi connectivity index (χ0n) is 22.0. The Labute approximate surface area is 232 Å². The fraction of sp³-hybridized carbons (Fsp3) is 0.308. The van der Waals surface area contributed by atoms with Crippen molar-refractivity contribution < 1.29 is 35.1 Å². The molecule has 0 saturated carbocycles. The van der Waals surface area contributed by atoms with Gasteiger partial charge in [-0.3, -0.25) is 4.68 Å². The summed E-state index contributed by atoms with van der Waals surface area (Å²) in [4.78, 5) is 4.29. The molecule has 1 atom stereocenters. The second kappa shape index (κ2) is 11.7. The molecular weight excluding hydrogens is 571 g/mol. The van der Waals surface area contributed by atoms with Crippen LogP contribution in [0.5, 0.6) is 5.75 Å². The summed E-state index contributed by atoms with van der Waals surface area (Å²) in [6.07, 6.45) is -5.15. The number of imidazole rings is 1. The predicted octanol–water partition coefficient (Wildman–Crippen LogP) is 4.47. The van der Waals surface area contributed by atoms with E-state index in [0.29, 0.717) is 5.69 Å². The van der Waals surface area contributed by atoms with Gasteiger partial charge in [-0.05, 0) is 24.1 Å². The molecule has 1 aromatic carbocycles. The Morgan fingerprint density at radius 2 is 1.93 bits per heavy atom. The third kappa shape index (κ3) is 6.88. The first kappa shape index (κ1) is 29.7. The maximum absolute atomic E-state index is 14.2. The number of sulfone groups is 1. The number of hydrogen-bond donors (Lipinski definition) is 2. The van der Waals surface area contributed by atoms with Crippen molar-refractivity contribution >= 4 is 27.0 Å². The number of fused-ring (bicyclic) bond motifs is 1. The molecule has 0 unspecified atom stereocenters. The number of pyridine rings is 1. The van der Waals surface area contributed by atoms with Crippen LogP contribution in [0.3, 0.4) is 0 Å². The molecule has 41 heavy (non-hydrogen) atoms. The monoisotopic (exact) mass is 596 g/mol. The summed E-state index contributed by atoms with van der Waals surface area (Å²) in [5.74, 6) is 5.82. The minimum Gasteiger partial charge on any atom is -0.495 e. The molecule has 0 fully saturated rings. The Morgan fingerprint density at radius 1 is 1.17 bits per heavy atom. The van der Waals surface area contributed by atoms with Gasteiger partial charge >= 0.3 is 6.18 Å². The van der Waals surface area contributed by atoms with Gasteiger partial charge in [0.15, 0.2) is 9.84 Å². The fourth-order valence-corrected chi connectivity index (χ4v) is 4.74. The Morgan fingerprint density at radius 3 is 2.54 bits per heavy atom. The lowest BCUT2D eigenvalue weighted by Gasteiger charge is -2.20. The van der Waals surface area contributed by atoms with E-state index in [-0.39, 0.29) is 45.6 Å². The standard InChI is InChI=1S/C26H25F5N6O3S/c1-36-22(10-12-33-36)35-23(24(27)28)17-6-5-13-37-20(15-26(29,30)31)18(34-25(17)37)7-4-11-32-19-9-8-16(41(3,38)39)14-21(19)40-2/h5-6,8-10,12-14,23-24,32,35H,11,15H2,1-3H3/t23-/m1/s1. The van der Waals surface area contributed by atoms with Crippen LogP contribution in [-0.2, 0) is 23.3 Å². The van der Waals surface area contributed by atoms with Crippen LogP contribution in [-0.4, -0.2) is 60.1 Å². The molecule has 218 valence electrons. The van der Waals surface area contributed by atoms with Crippen LogP contribution >= 0.6 is 0 Å². The summed E-state index contributed by atoms with van der Waals surface area (Å²) in [7, 11) is -0.564. The minimum atomic E-state index is -4.62. The molecule has 4 aromatic rings. The van der Waals surface area contributed by atoms with Crippen LogP contribution < -0.4 is 15.4 Å². The summed E-state index contributed by atoms with van der Waals surface area (Å²) in [5, 5.41) is 9.55. The van der Waals surface area contributed by atoms with Crippen molar-refractivity contribution in [2.24, 2.45) is 7.05 Å². The van der Waals surface area contributed by atoms with Gasteiger partial charge in [-0.25, -0.2) is 22.2 Å². The molecule has 0 bridgehead atoms. The Balaban J connectivity index is 1.69. The maximum Gasteiger partial charge on any atom is 0.394 e. The average molecular weight is 597 g/mol.